The van der Waals surface area contributed by atoms with Crippen molar-refractivity contribution >= 4 is 6.03 Å². The van der Waals surface area contributed by atoms with Gasteiger partial charge in [-0.2, -0.15) is 0 Å². The number of nitrogens with zero attached hydrogens (tertiary/aromatic N) is 3. The number of carbonyl (C=O) groups excluding carboxylic acids is 1. The average molecular weight is 401 g/mol. The van der Waals surface area contributed by atoms with Crippen LogP contribution in [0.2, 0.25) is 0 Å². The molecule has 0 bridgehead atoms. The molecule has 1 aromatic heterocycles. The molecule has 154 valence electrons. The summed E-state index contributed by atoms with van der Waals surface area (Å²) in [4.78, 5) is 21.4. The number of benzene rings is 2. The molecule has 1 atom stereocenters. The number of hydrogen-bond acceptors (Lipinski definition) is 3. The average Bonchev–Trinajstić information content (AvgIpc) is 2.81. The van der Waals surface area contributed by atoms with Crippen molar-refractivity contribution in [3.05, 3.63) is 90.3 Å². The zero-order valence-electron chi connectivity index (χ0n) is 17.4. The van der Waals surface area contributed by atoms with Crippen LogP contribution in [-0.4, -0.2) is 47.0 Å². The molecule has 1 aliphatic heterocycles. The van der Waals surface area contributed by atoms with Gasteiger partial charge in [-0.1, -0.05) is 60.7 Å². The highest BCUT2D eigenvalue weighted by Crippen LogP contribution is 2.22. The number of rotatable bonds is 5. The van der Waals surface area contributed by atoms with Gasteiger partial charge in [0.25, 0.3) is 0 Å². The second-order valence-corrected chi connectivity index (χ2v) is 7.74. The van der Waals surface area contributed by atoms with Crippen LogP contribution in [0.15, 0.2) is 79.0 Å². The molecular formula is C25H28N4O. The first-order valence-corrected chi connectivity index (χ1v) is 10.5. The third-order valence-corrected chi connectivity index (χ3v) is 5.63. The zero-order chi connectivity index (χ0) is 20.8. The summed E-state index contributed by atoms with van der Waals surface area (Å²) in [5, 5.41) is 3.15. The van der Waals surface area contributed by atoms with Crippen LogP contribution in [0.25, 0.3) is 11.1 Å². The Morgan fingerprint density at radius 3 is 2.23 bits per heavy atom. The van der Waals surface area contributed by atoms with Crippen LogP contribution in [0, 0.1) is 0 Å². The fourth-order valence-electron chi connectivity index (χ4n) is 3.78. The SMILES string of the molecule is CC(NC(=O)N1CCN(Cc2ccccn2)CC1)c1ccc(-c2ccccc2)cc1. The van der Waals surface area contributed by atoms with E-state index in [1.807, 2.05) is 54.4 Å². The quantitative estimate of drug-likeness (QED) is 0.693. The Kier molecular flexibility index (Phi) is 6.40. The molecule has 1 N–H and O–H groups in total. The van der Waals surface area contributed by atoms with Crippen molar-refractivity contribution in [3.63, 3.8) is 0 Å². The van der Waals surface area contributed by atoms with E-state index in [0.717, 1.165) is 44.0 Å². The summed E-state index contributed by atoms with van der Waals surface area (Å²) in [7, 11) is 0. The summed E-state index contributed by atoms with van der Waals surface area (Å²) in [5.41, 5.74) is 4.56. The highest BCUT2D eigenvalue weighted by atomic mass is 16.2. The van der Waals surface area contributed by atoms with E-state index in [4.69, 9.17) is 0 Å². The predicted octanol–water partition coefficient (Wildman–Crippen LogP) is 4.34. The van der Waals surface area contributed by atoms with Crippen LogP contribution >= 0.6 is 0 Å². The van der Waals surface area contributed by atoms with Crippen molar-refractivity contribution in [2.45, 2.75) is 19.5 Å². The first-order valence-electron chi connectivity index (χ1n) is 10.5. The van der Waals surface area contributed by atoms with Gasteiger partial charge in [-0.3, -0.25) is 9.88 Å². The summed E-state index contributed by atoms with van der Waals surface area (Å²) in [6, 6.07) is 24.7. The van der Waals surface area contributed by atoms with Gasteiger partial charge in [0.05, 0.1) is 11.7 Å². The Labute approximate surface area is 178 Å². The molecule has 4 rings (SSSR count). The van der Waals surface area contributed by atoms with Gasteiger partial charge in [-0.15, -0.1) is 0 Å². The molecule has 5 nitrogen and oxygen atoms in total. The lowest BCUT2D eigenvalue weighted by molar-refractivity contribution is 0.133. The van der Waals surface area contributed by atoms with Gasteiger partial charge in [-0.25, -0.2) is 4.79 Å². The van der Waals surface area contributed by atoms with Crippen LogP contribution in [0.5, 0.6) is 0 Å². The fraction of sp³-hybridized carbons (Fsp3) is 0.280. The Balaban J connectivity index is 1.28. The number of hydrogen-bond donors (Lipinski definition) is 1. The molecule has 3 aromatic rings. The second-order valence-electron chi connectivity index (χ2n) is 7.74. The summed E-state index contributed by atoms with van der Waals surface area (Å²) in [6.45, 7) is 6.07. The minimum absolute atomic E-state index is 0.00659. The highest BCUT2D eigenvalue weighted by molar-refractivity contribution is 5.75. The van der Waals surface area contributed by atoms with E-state index in [2.05, 4.69) is 51.6 Å². The molecule has 0 aliphatic carbocycles. The van der Waals surface area contributed by atoms with Crippen molar-refractivity contribution in [2.75, 3.05) is 26.2 Å². The van der Waals surface area contributed by atoms with Gasteiger partial charge in [0.15, 0.2) is 0 Å². The lowest BCUT2D eigenvalue weighted by Gasteiger charge is -2.35. The standard InChI is InChI=1S/C25H28N4O/c1-20(21-10-12-23(13-11-21)22-7-3-2-4-8-22)27-25(30)29-17-15-28(16-18-29)19-24-9-5-6-14-26-24/h2-14,20H,15-19H2,1H3,(H,27,30). The maximum atomic E-state index is 12.7. The monoisotopic (exact) mass is 400 g/mol. The topological polar surface area (TPSA) is 48.5 Å². The molecule has 1 aliphatic rings. The maximum absolute atomic E-state index is 12.7. The van der Waals surface area contributed by atoms with Crippen molar-refractivity contribution in [2.24, 2.45) is 0 Å². The molecule has 1 fully saturated rings. The molecule has 0 spiro atoms. The molecule has 0 saturated carbocycles. The third-order valence-electron chi connectivity index (χ3n) is 5.63. The van der Waals surface area contributed by atoms with Crippen LogP contribution in [-0.2, 0) is 6.54 Å². The largest absolute Gasteiger partial charge is 0.331 e. The third kappa shape index (κ3) is 5.05. The summed E-state index contributed by atoms with van der Waals surface area (Å²) < 4.78 is 0. The minimum atomic E-state index is -0.0335. The smallest absolute Gasteiger partial charge is 0.317 e. The predicted molar refractivity (Wildman–Crippen MR) is 120 cm³/mol. The van der Waals surface area contributed by atoms with Gasteiger partial charge in [-0.05, 0) is 35.7 Å². The van der Waals surface area contributed by atoms with Crippen molar-refractivity contribution < 1.29 is 4.79 Å². The lowest BCUT2D eigenvalue weighted by Crippen LogP contribution is -2.51. The van der Waals surface area contributed by atoms with E-state index < -0.39 is 0 Å². The summed E-state index contributed by atoms with van der Waals surface area (Å²) in [6.07, 6.45) is 1.83. The molecule has 1 saturated heterocycles. The maximum Gasteiger partial charge on any atom is 0.317 e. The van der Waals surface area contributed by atoms with E-state index in [1.165, 1.54) is 11.1 Å². The Bertz CT molecular complexity index is 936. The summed E-state index contributed by atoms with van der Waals surface area (Å²) >= 11 is 0. The van der Waals surface area contributed by atoms with Gasteiger partial charge < -0.3 is 10.2 Å². The number of carbonyl (C=O) groups is 1. The fourth-order valence-corrected chi connectivity index (χ4v) is 3.78. The van der Waals surface area contributed by atoms with Crippen LogP contribution in [0.4, 0.5) is 4.79 Å². The molecule has 2 amide bonds. The van der Waals surface area contributed by atoms with E-state index in [1.54, 1.807) is 0 Å². The first-order chi connectivity index (χ1) is 14.7. The van der Waals surface area contributed by atoms with Gasteiger partial charge in [0, 0.05) is 38.9 Å². The molecule has 5 heteroatoms. The van der Waals surface area contributed by atoms with Crippen LogP contribution < -0.4 is 5.32 Å². The van der Waals surface area contributed by atoms with Crippen molar-refractivity contribution in [3.8, 4) is 11.1 Å². The number of aromatic nitrogens is 1. The molecule has 2 heterocycles. The number of pyridine rings is 1. The first kappa shape index (κ1) is 20.1. The number of urea groups is 1. The number of nitrogens with one attached hydrogen (secondary N) is 1. The molecule has 1 unspecified atom stereocenters. The van der Waals surface area contributed by atoms with Crippen LogP contribution in [0.1, 0.15) is 24.2 Å². The van der Waals surface area contributed by atoms with E-state index in [0.29, 0.717) is 0 Å². The molecule has 2 aromatic carbocycles. The Hall–Kier alpha value is -3.18. The molecule has 30 heavy (non-hydrogen) atoms. The van der Waals surface area contributed by atoms with E-state index >= 15 is 0 Å². The number of piperazine rings is 1. The Morgan fingerprint density at radius 1 is 0.900 bits per heavy atom. The normalized spacial score (nSPS) is 15.6. The minimum Gasteiger partial charge on any atom is -0.331 e. The number of amides is 2. The second kappa shape index (κ2) is 9.55. The zero-order valence-corrected chi connectivity index (χ0v) is 17.4. The van der Waals surface area contributed by atoms with Crippen LogP contribution in [0.3, 0.4) is 0 Å². The molecular weight excluding hydrogens is 372 g/mol. The summed E-state index contributed by atoms with van der Waals surface area (Å²) in [5.74, 6) is 0. The van der Waals surface area contributed by atoms with Gasteiger partial charge in [0.1, 0.15) is 0 Å². The highest BCUT2D eigenvalue weighted by Gasteiger charge is 2.22. The van der Waals surface area contributed by atoms with Crippen molar-refractivity contribution in [1.29, 1.82) is 0 Å². The Morgan fingerprint density at radius 2 is 1.57 bits per heavy atom. The van der Waals surface area contributed by atoms with Crippen molar-refractivity contribution in [1.82, 2.24) is 20.1 Å². The van der Waals surface area contributed by atoms with E-state index in [-0.39, 0.29) is 12.1 Å². The molecule has 0 radical (unpaired) electrons. The van der Waals surface area contributed by atoms with E-state index in [9.17, 15) is 4.79 Å². The van der Waals surface area contributed by atoms with Gasteiger partial charge >= 0.3 is 6.03 Å². The van der Waals surface area contributed by atoms with Gasteiger partial charge in [0.2, 0.25) is 0 Å². The lowest BCUT2D eigenvalue weighted by atomic mass is 10.0.